The lowest BCUT2D eigenvalue weighted by Gasteiger charge is -2.34. The Bertz CT molecular complexity index is 528. The van der Waals surface area contributed by atoms with Gasteiger partial charge in [-0.1, -0.05) is 24.6 Å². The fourth-order valence-electron chi connectivity index (χ4n) is 2.73. The van der Waals surface area contributed by atoms with Gasteiger partial charge >= 0.3 is 0 Å². The van der Waals surface area contributed by atoms with E-state index in [4.69, 9.17) is 0 Å². The second kappa shape index (κ2) is 6.27. The third-order valence-corrected chi connectivity index (χ3v) is 6.19. The molecule has 0 bridgehead atoms. The Labute approximate surface area is 122 Å². The van der Waals surface area contributed by atoms with Crippen molar-refractivity contribution in [3.8, 4) is 0 Å². The lowest BCUT2D eigenvalue weighted by molar-refractivity contribution is 0.157. The highest BCUT2D eigenvalue weighted by Crippen LogP contribution is 2.20. The Hall–Kier alpha value is -0.870. The highest BCUT2D eigenvalue weighted by molar-refractivity contribution is 7.91. The van der Waals surface area contributed by atoms with Crippen LogP contribution in [0.2, 0.25) is 0 Å². The van der Waals surface area contributed by atoms with E-state index in [0.29, 0.717) is 4.90 Å². The molecule has 0 N–H and O–H groups in total. The van der Waals surface area contributed by atoms with Gasteiger partial charge in [-0.3, -0.25) is 4.90 Å². The van der Waals surface area contributed by atoms with Crippen LogP contribution in [0.25, 0.3) is 0 Å². The second-order valence-corrected chi connectivity index (χ2v) is 8.20. The summed E-state index contributed by atoms with van der Waals surface area (Å²) in [7, 11) is -3.18. The number of benzene rings is 1. The average molecular weight is 295 g/mol. The molecule has 3 nitrogen and oxygen atoms in total. The minimum atomic E-state index is -3.18. The van der Waals surface area contributed by atoms with Crippen molar-refractivity contribution in [1.29, 1.82) is 0 Å². The topological polar surface area (TPSA) is 37.4 Å². The summed E-state index contributed by atoms with van der Waals surface area (Å²) in [5, 5.41) is 0. The van der Waals surface area contributed by atoms with Crippen LogP contribution >= 0.6 is 0 Å². The minimum absolute atomic E-state index is 0.0915. The summed E-state index contributed by atoms with van der Waals surface area (Å²) in [6.07, 6.45) is 2.35. The largest absolute Gasteiger partial charge is 0.300 e. The van der Waals surface area contributed by atoms with E-state index in [2.05, 4.69) is 11.8 Å². The van der Waals surface area contributed by atoms with Crippen LogP contribution in [0, 0.1) is 12.8 Å². The molecule has 0 radical (unpaired) electrons. The smallest absolute Gasteiger partial charge is 0.179 e. The van der Waals surface area contributed by atoms with Gasteiger partial charge in [-0.05, 0) is 57.8 Å². The molecule has 1 heterocycles. The zero-order valence-corrected chi connectivity index (χ0v) is 13.5. The van der Waals surface area contributed by atoms with Crippen molar-refractivity contribution in [3.05, 3.63) is 29.8 Å². The molecule has 1 aromatic rings. The van der Waals surface area contributed by atoms with Gasteiger partial charge in [-0.15, -0.1) is 0 Å². The highest BCUT2D eigenvalue weighted by atomic mass is 32.2. The van der Waals surface area contributed by atoms with E-state index >= 15 is 0 Å². The van der Waals surface area contributed by atoms with Crippen LogP contribution in [0.5, 0.6) is 0 Å². The summed E-state index contributed by atoms with van der Waals surface area (Å²) in [6.45, 7) is 8.30. The molecule has 4 heteroatoms. The lowest BCUT2D eigenvalue weighted by atomic mass is 9.98. The molecule has 1 aromatic carbocycles. The summed E-state index contributed by atoms with van der Waals surface area (Å²) in [5.41, 5.74) is 1.09. The van der Waals surface area contributed by atoms with Crippen LogP contribution in [0.3, 0.4) is 0 Å². The number of sulfone groups is 1. The predicted octanol–water partition coefficient (Wildman–Crippen LogP) is 2.89. The van der Waals surface area contributed by atoms with Crippen molar-refractivity contribution in [3.63, 3.8) is 0 Å². The van der Waals surface area contributed by atoms with Crippen molar-refractivity contribution in [2.24, 2.45) is 5.92 Å². The molecule has 112 valence electrons. The predicted molar refractivity (Wildman–Crippen MR) is 82.7 cm³/mol. The lowest BCUT2D eigenvalue weighted by Crippen LogP contribution is -2.42. The molecule has 20 heavy (non-hydrogen) atoms. The van der Waals surface area contributed by atoms with Crippen molar-refractivity contribution in [1.82, 2.24) is 4.90 Å². The standard InChI is InChI=1S/C16H25NO2S/c1-13-4-6-16(7-5-13)20(18,19)12-15(3)17-10-8-14(2)9-11-17/h4-7,14-15H,8-12H2,1-3H3/t15-/m1/s1. The van der Waals surface area contributed by atoms with Crippen LogP contribution in [-0.2, 0) is 9.84 Å². The van der Waals surface area contributed by atoms with E-state index in [1.807, 2.05) is 26.0 Å². The van der Waals surface area contributed by atoms with E-state index in [1.165, 1.54) is 12.8 Å². The van der Waals surface area contributed by atoms with Crippen LogP contribution < -0.4 is 0 Å². The third-order valence-electron chi connectivity index (χ3n) is 4.28. The van der Waals surface area contributed by atoms with Gasteiger partial charge in [0.25, 0.3) is 0 Å². The summed E-state index contributed by atoms with van der Waals surface area (Å²) in [5.74, 6) is 0.983. The third kappa shape index (κ3) is 3.83. The number of aryl methyl sites for hydroxylation is 1. The van der Waals surface area contributed by atoms with Crippen LogP contribution in [0.4, 0.5) is 0 Å². The maximum absolute atomic E-state index is 12.4. The normalized spacial score (nSPS) is 19.9. The molecule has 1 aliphatic heterocycles. The molecule has 0 amide bonds. The monoisotopic (exact) mass is 295 g/mol. The summed E-state index contributed by atoms with van der Waals surface area (Å²) in [4.78, 5) is 2.76. The Balaban J connectivity index is 2.02. The zero-order valence-electron chi connectivity index (χ0n) is 12.7. The minimum Gasteiger partial charge on any atom is -0.300 e. The number of hydrogen-bond acceptors (Lipinski definition) is 3. The molecule has 2 rings (SSSR count). The molecule has 0 unspecified atom stereocenters. The number of piperidine rings is 1. The number of nitrogens with zero attached hydrogens (tertiary/aromatic N) is 1. The molecule has 1 fully saturated rings. The Kier molecular flexibility index (Phi) is 4.86. The first-order valence-electron chi connectivity index (χ1n) is 7.42. The zero-order chi connectivity index (χ0) is 14.8. The van der Waals surface area contributed by atoms with Crippen molar-refractivity contribution < 1.29 is 8.42 Å². The first kappa shape index (κ1) is 15.5. The van der Waals surface area contributed by atoms with Gasteiger partial charge in [-0.2, -0.15) is 0 Å². The van der Waals surface area contributed by atoms with E-state index in [9.17, 15) is 8.42 Å². The molecular weight excluding hydrogens is 270 g/mol. The Morgan fingerprint density at radius 1 is 1.20 bits per heavy atom. The fraction of sp³-hybridized carbons (Fsp3) is 0.625. The first-order chi connectivity index (χ1) is 9.38. The average Bonchev–Trinajstić information content (AvgIpc) is 2.39. The SMILES string of the molecule is Cc1ccc(S(=O)(=O)C[C@@H](C)N2CCC(C)CC2)cc1. The van der Waals surface area contributed by atoms with Gasteiger partial charge in [0, 0.05) is 6.04 Å². The van der Waals surface area contributed by atoms with E-state index in [1.54, 1.807) is 12.1 Å². The van der Waals surface area contributed by atoms with Gasteiger partial charge < -0.3 is 0 Å². The molecule has 0 aromatic heterocycles. The van der Waals surface area contributed by atoms with E-state index in [-0.39, 0.29) is 11.8 Å². The molecule has 1 saturated heterocycles. The van der Waals surface area contributed by atoms with Crippen LogP contribution in [-0.4, -0.2) is 38.2 Å². The van der Waals surface area contributed by atoms with Gasteiger partial charge in [0.05, 0.1) is 10.6 Å². The van der Waals surface area contributed by atoms with Gasteiger partial charge in [0.2, 0.25) is 0 Å². The quantitative estimate of drug-likeness (QED) is 0.857. The van der Waals surface area contributed by atoms with Crippen LogP contribution in [0.15, 0.2) is 29.2 Å². The van der Waals surface area contributed by atoms with E-state index in [0.717, 1.165) is 24.6 Å². The van der Waals surface area contributed by atoms with Gasteiger partial charge in [0.15, 0.2) is 9.84 Å². The van der Waals surface area contributed by atoms with Gasteiger partial charge in [0.1, 0.15) is 0 Å². The number of rotatable bonds is 4. The van der Waals surface area contributed by atoms with Crippen LogP contribution in [0.1, 0.15) is 32.3 Å². The molecule has 0 spiro atoms. The Morgan fingerprint density at radius 2 is 1.75 bits per heavy atom. The van der Waals surface area contributed by atoms with E-state index < -0.39 is 9.84 Å². The Morgan fingerprint density at radius 3 is 2.30 bits per heavy atom. The van der Waals surface area contributed by atoms with Crippen molar-refractivity contribution in [2.75, 3.05) is 18.8 Å². The summed E-state index contributed by atoms with van der Waals surface area (Å²) < 4.78 is 24.9. The molecule has 0 saturated carbocycles. The number of likely N-dealkylation sites (tertiary alicyclic amines) is 1. The summed E-state index contributed by atoms with van der Waals surface area (Å²) >= 11 is 0. The summed E-state index contributed by atoms with van der Waals surface area (Å²) in [6, 6.07) is 7.25. The number of hydrogen-bond donors (Lipinski definition) is 0. The molecular formula is C16H25NO2S. The molecule has 1 atom stereocenters. The van der Waals surface area contributed by atoms with Crippen molar-refractivity contribution >= 4 is 9.84 Å². The van der Waals surface area contributed by atoms with Gasteiger partial charge in [-0.25, -0.2) is 8.42 Å². The maximum atomic E-state index is 12.4. The highest BCUT2D eigenvalue weighted by Gasteiger charge is 2.25. The van der Waals surface area contributed by atoms with Crippen molar-refractivity contribution in [2.45, 2.75) is 44.6 Å². The fourth-order valence-corrected chi connectivity index (χ4v) is 4.32. The molecule has 0 aliphatic carbocycles. The first-order valence-corrected chi connectivity index (χ1v) is 9.07. The maximum Gasteiger partial charge on any atom is 0.179 e. The second-order valence-electron chi connectivity index (χ2n) is 6.16. The molecule has 1 aliphatic rings.